The number of phenolic OH excluding ortho intramolecular Hbond substituents is 1. The first kappa shape index (κ1) is 19.7. The van der Waals surface area contributed by atoms with Crippen molar-refractivity contribution in [3.8, 4) is 34.3 Å². The zero-order chi connectivity index (χ0) is 21.9. The van der Waals surface area contributed by atoms with E-state index < -0.39 is 0 Å². The van der Waals surface area contributed by atoms with E-state index in [9.17, 15) is 5.11 Å². The molecule has 158 valence electrons. The summed E-state index contributed by atoms with van der Waals surface area (Å²) in [6, 6.07) is 27.4. The van der Waals surface area contributed by atoms with E-state index >= 15 is 0 Å². The van der Waals surface area contributed by atoms with Gasteiger partial charge in [-0.05, 0) is 47.5 Å². The molecular weight excluding hydrogens is 400 g/mol. The number of H-pyrrole nitrogens is 1. The second-order valence-electron chi connectivity index (χ2n) is 7.67. The minimum absolute atomic E-state index is 0.0824. The summed E-state index contributed by atoms with van der Waals surface area (Å²) in [4.78, 5) is 0. The first-order chi connectivity index (χ1) is 15.7. The summed E-state index contributed by atoms with van der Waals surface area (Å²) in [5.41, 5.74) is 3.46. The number of aromatic nitrogens is 2. The van der Waals surface area contributed by atoms with Gasteiger partial charge in [0.25, 0.3) is 0 Å². The Morgan fingerprint density at radius 2 is 1.62 bits per heavy atom. The van der Waals surface area contributed by atoms with E-state index in [1.165, 1.54) is 5.56 Å². The second kappa shape index (κ2) is 8.47. The van der Waals surface area contributed by atoms with Crippen molar-refractivity contribution in [1.29, 1.82) is 0 Å². The number of aryl methyl sites for hydroxylation is 1. The summed E-state index contributed by atoms with van der Waals surface area (Å²) in [5.74, 6) is 1.90. The van der Waals surface area contributed by atoms with Crippen LogP contribution >= 0.6 is 0 Å². The van der Waals surface area contributed by atoms with Gasteiger partial charge in [0, 0.05) is 11.6 Å². The average Bonchev–Trinajstić information content (AvgIpc) is 3.26. The zero-order valence-electron chi connectivity index (χ0n) is 17.6. The highest BCUT2D eigenvalue weighted by Crippen LogP contribution is 2.38. The Morgan fingerprint density at radius 1 is 0.844 bits per heavy atom. The molecule has 5 rings (SSSR count). The van der Waals surface area contributed by atoms with Crippen LogP contribution in [0.1, 0.15) is 11.1 Å². The maximum Gasteiger partial charge on any atom is 0.173 e. The van der Waals surface area contributed by atoms with Crippen LogP contribution in [0.5, 0.6) is 23.0 Å². The van der Waals surface area contributed by atoms with E-state index in [0.29, 0.717) is 35.1 Å². The molecule has 0 saturated heterocycles. The molecule has 0 unspecified atom stereocenters. The molecule has 1 aromatic heterocycles. The van der Waals surface area contributed by atoms with Crippen LogP contribution < -0.4 is 9.47 Å². The number of fused-ring (bicyclic) bond motifs is 1. The molecule has 0 aliphatic heterocycles. The van der Waals surface area contributed by atoms with Gasteiger partial charge in [-0.2, -0.15) is 5.10 Å². The summed E-state index contributed by atoms with van der Waals surface area (Å²) in [6.07, 6.45) is 1.60. The first-order valence-corrected chi connectivity index (χ1v) is 10.4. The number of nitrogens with zero attached hydrogens (tertiary/aromatic N) is 1. The Hall–Kier alpha value is -4.25. The third-order valence-corrected chi connectivity index (χ3v) is 5.32. The SMILES string of the molecule is Cc1ccc(COc2ccc(-c3[nH]ncc3Oc3ccc4ccccc4c3)c(O)c2)cc1. The summed E-state index contributed by atoms with van der Waals surface area (Å²) >= 11 is 0. The summed E-state index contributed by atoms with van der Waals surface area (Å²) in [7, 11) is 0. The lowest BCUT2D eigenvalue weighted by atomic mass is 10.1. The van der Waals surface area contributed by atoms with E-state index in [0.717, 1.165) is 16.3 Å². The van der Waals surface area contributed by atoms with Crippen molar-refractivity contribution >= 4 is 10.8 Å². The van der Waals surface area contributed by atoms with Gasteiger partial charge < -0.3 is 14.6 Å². The molecule has 0 bridgehead atoms. The number of hydrogen-bond donors (Lipinski definition) is 2. The molecule has 2 N–H and O–H groups in total. The van der Waals surface area contributed by atoms with E-state index in [1.54, 1.807) is 18.3 Å². The van der Waals surface area contributed by atoms with E-state index in [-0.39, 0.29) is 5.75 Å². The van der Waals surface area contributed by atoms with Crippen molar-refractivity contribution in [3.63, 3.8) is 0 Å². The van der Waals surface area contributed by atoms with Crippen LogP contribution in [0.3, 0.4) is 0 Å². The molecule has 0 aliphatic carbocycles. The average molecular weight is 422 g/mol. The van der Waals surface area contributed by atoms with Crippen molar-refractivity contribution in [3.05, 3.63) is 102 Å². The molecule has 0 spiro atoms. The van der Waals surface area contributed by atoms with E-state index in [4.69, 9.17) is 9.47 Å². The van der Waals surface area contributed by atoms with Gasteiger partial charge in [0.2, 0.25) is 0 Å². The number of ether oxygens (including phenoxy) is 2. The molecule has 0 atom stereocenters. The predicted molar refractivity (Wildman–Crippen MR) is 125 cm³/mol. The number of nitrogens with one attached hydrogen (secondary N) is 1. The van der Waals surface area contributed by atoms with Gasteiger partial charge in [0.15, 0.2) is 5.75 Å². The zero-order valence-corrected chi connectivity index (χ0v) is 17.6. The van der Waals surface area contributed by atoms with Crippen LogP contribution in [0, 0.1) is 6.92 Å². The number of aromatic hydroxyl groups is 1. The Balaban J connectivity index is 1.35. The Bertz CT molecular complexity index is 1370. The molecule has 0 saturated carbocycles. The van der Waals surface area contributed by atoms with Crippen LogP contribution in [0.25, 0.3) is 22.0 Å². The Morgan fingerprint density at radius 3 is 2.44 bits per heavy atom. The summed E-state index contributed by atoms with van der Waals surface area (Å²) in [6.45, 7) is 2.48. The van der Waals surface area contributed by atoms with Gasteiger partial charge in [-0.3, -0.25) is 5.10 Å². The number of benzene rings is 4. The van der Waals surface area contributed by atoms with Crippen LogP contribution in [0.15, 0.2) is 91.1 Å². The maximum absolute atomic E-state index is 10.6. The number of hydrogen-bond acceptors (Lipinski definition) is 4. The minimum atomic E-state index is 0.0824. The topological polar surface area (TPSA) is 67.4 Å². The van der Waals surface area contributed by atoms with Crippen molar-refractivity contribution in [2.45, 2.75) is 13.5 Å². The summed E-state index contributed by atoms with van der Waals surface area (Å²) in [5, 5.41) is 19.9. The third kappa shape index (κ3) is 4.14. The number of rotatable bonds is 6. The van der Waals surface area contributed by atoms with Crippen molar-refractivity contribution in [2.24, 2.45) is 0 Å². The molecule has 32 heavy (non-hydrogen) atoms. The molecule has 5 nitrogen and oxygen atoms in total. The lowest BCUT2D eigenvalue weighted by molar-refractivity contribution is 0.304. The number of aromatic amines is 1. The normalized spacial score (nSPS) is 10.9. The fourth-order valence-electron chi connectivity index (χ4n) is 3.57. The largest absolute Gasteiger partial charge is 0.507 e. The van der Waals surface area contributed by atoms with Crippen molar-refractivity contribution < 1.29 is 14.6 Å². The first-order valence-electron chi connectivity index (χ1n) is 10.4. The van der Waals surface area contributed by atoms with Gasteiger partial charge in [0.05, 0.1) is 6.20 Å². The van der Waals surface area contributed by atoms with Crippen molar-refractivity contribution in [1.82, 2.24) is 10.2 Å². The van der Waals surface area contributed by atoms with Gasteiger partial charge in [-0.25, -0.2) is 0 Å². The molecule has 0 radical (unpaired) electrons. The highest BCUT2D eigenvalue weighted by molar-refractivity contribution is 5.84. The minimum Gasteiger partial charge on any atom is -0.507 e. The molecule has 0 fully saturated rings. The van der Waals surface area contributed by atoms with Crippen LogP contribution in [0.4, 0.5) is 0 Å². The van der Waals surface area contributed by atoms with Crippen LogP contribution in [-0.2, 0) is 6.61 Å². The van der Waals surface area contributed by atoms with E-state index in [1.807, 2.05) is 54.6 Å². The lowest BCUT2D eigenvalue weighted by Gasteiger charge is -2.11. The standard InChI is InChI=1S/C27H22N2O3/c1-18-6-8-19(9-7-18)17-31-22-12-13-24(25(30)15-22)27-26(16-28-29-27)32-23-11-10-20-4-2-3-5-21(20)14-23/h2-16,30H,17H2,1H3,(H,28,29). The maximum atomic E-state index is 10.6. The Kier molecular flexibility index (Phi) is 5.22. The van der Waals surface area contributed by atoms with Crippen LogP contribution in [0.2, 0.25) is 0 Å². The van der Waals surface area contributed by atoms with Gasteiger partial charge in [-0.1, -0.05) is 60.2 Å². The molecule has 5 aromatic rings. The third-order valence-electron chi connectivity index (χ3n) is 5.32. The van der Waals surface area contributed by atoms with Gasteiger partial charge in [0.1, 0.15) is 29.5 Å². The van der Waals surface area contributed by atoms with Crippen molar-refractivity contribution in [2.75, 3.05) is 0 Å². The summed E-state index contributed by atoms with van der Waals surface area (Å²) < 4.78 is 11.9. The lowest BCUT2D eigenvalue weighted by Crippen LogP contribution is -1.95. The van der Waals surface area contributed by atoms with Crippen LogP contribution in [-0.4, -0.2) is 15.3 Å². The fraction of sp³-hybridized carbons (Fsp3) is 0.0741. The number of phenols is 1. The molecule has 1 heterocycles. The second-order valence-corrected chi connectivity index (χ2v) is 7.67. The molecule has 0 amide bonds. The Labute approximate surface area is 185 Å². The fourth-order valence-corrected chi connectivity index (χ4v) is 3.57. The smallest absolute Gasteiger partial charge is 0.173 e. The molecule has 5 heteroatoms. The molecular formula is C27H22N2O3. The highest BCUT2D eigenvalue weighted by Gasteiger charge is 2.15. The van der Waals surface area contributed by atoms with Gasteiger partial charge in [-0.15, -0.1) is 0 Å². The highest BCUT2D eigenvalue weighted by atomic mass is 16.5. The predicted octanol–water partition coefficient (Wildman–Crippen LogP) is 6.62. The van der Waals surface area contributed by atoms with Gasteiger partial charge >= 0.3 is 0 Å². The molecule has 4 aromatic carbocycles. The monoisotopic (exact) mass is 422 g/mol. The quantitative estimate of drug-likeness (QED) is 0.323. The molecule has 0 aliphatic rings. The van der Waals surface area contributed by atoms with E-state index in [2.05, 4.69) is 35.3 Å².